The third-order valence-electron chi connectivity index (χ3n) is 5.11. The van der Waals surface area contributed by atoms with Crippen LogP contribution in [0.3, 0.4) is 0 Å². The highest BCUT2D eigenvalue weighted by Crippen LogP contribution is 2.36. The zero-order chi connectivity index (χ0) is 20.4. The number of rotatable bonds is 3. The van der Waals surface area contributed by atoms with Gasteiger partial charge in [0.05, 0.1) is 12.5 Å². The molecular formula is C24H21FN2O2. The normalized spacial score (nSPS) is 16.0. The minimum Gasteiger partial charge on any atom is -0.324 e. The smallest absolute Gasteiger partial charge is 0.244 e. The molecule has 1 atom stereocenters. The Morgan fingerprint density at radius 1 is 1.07 bits per heavy atom. The van der Waals surface area contributed by atoms with Crippen molar-refractivity contribution in [2.24, 2.45) is 0 Å². The number of hydrogen-bond acceptors (Lipinski definition) is 2. The molecule has 3 aromatic rings. The molecule has 146 valence electrons. The highest BCUT2D eigenvalue weighted by molar-refractivity contribution is 5.97. The van der Waals surface area contributed by atoms with E-state index in [4.69, 9.17) is 0 Å². The molecular weight excluding hydrogens is 367 g/mol. The van der Waals surface area contributed by atoms with Crippen molar-refractivity contribution in [3.63, 3.8) is 0 Å². The predicted octanol–water partition coefficient (Wildman–Crippen LogP) is 4.25. The van der Waals surface area contributed by atoms with Gasteiger partial charge in [-0.3, -0.25) is 9.59 Å². The van der Waals surface area contributed by atoms with Crippen LogP contribution in [0.4, 0.5) is 10.1 Å². The third-order valence-corrected chi connectivity index (χ3v) is 5.11. The van der Waals surface area contributed by atoms with E-state index in [0.29, 0.717) is 11.3 Å². The van der Waals surface area contributed by atoms with E-state index in [2.05, 4.69) is 5.32 Å². The number of benzene rings is 3. The minimum atomic E-state index is -0.391. The first-order chi connectivity index (χ1) is 14.0. The summed E-state index contributed by atoms with van der Waals surface area (Å²) in [5.41, 5.74) is 4.29. The van der Waals surface area contributed by atoms with Crippen LogP contribution in [0.2, 0.25) is 0 Å². The summed E-state index contributed by atoms with van der Waals surface area (Å²) in [7, 11) is 0. The predicted molar refractivity (Wildman–Crippen MR) is 110 cm³/mol. The summed E-state index contributed by atoms with van der Waals surface area (Å²) in [5.74, 6) is -0.766. The molecule has 0 aliphatic carbocycles. The Labute approximate surface area is 169 Å². The number of carbonyl (C=O) groups excluding carboxylic acids is 2. The molecule has 1 aliphatic heterocycles. The molecule has 3 aromatic carbocycles. The van der Waals surface area contributed by atoms with Crippen molar-refractivity contribution in [2.75, 3.05) is 11.9 Å². The standard InChI is InChI=1S/C24H21FN2O2/c1-16-7-12-21-20(13-16)24(18-5-3-2-4-6-18)27(15-22(28)26-21)23(29)14-17-8-10-19(25)11-9-17/h2-13,24H,14-15H2,1H3,(H,26,28)/t24-/m0/s1. The Balaban J connectivity index is 1.78. The number of hydrogen-bond donors (Lipinski definition) is 1. The van der Waals surface area contributed by atoms with Gasteiger partial charge in [-0.25, -0.2) is 4.39 Å². The molecule has 4 nitrogen and oxygen atoms in total. The van der Waals surface area contributed by atoms with E-state index in [1.165, 1.54) is 12.1 Å². The van der Waals surface area contributed by atoms with Crippen LogP contribution in [-0.2, 0) is 16.0 Å². The Morgan fingerprint density at radius 2 is 1.79 bits per heavy atom. The van der Waals surface area contributed by atoms with Crippen LogP contribution in [0.5, 0.6) is 0 Å². The lowest BCUT2D eigenvalue weighted by Gasteiger charge is -2.31. The molecule has 0 saturated heterocycles. The van der Waals surface area contributed by atoms with Crippen LogP contribution in [0.1, 0.15) is 28.3 Å². The van der Waals surface area contributed by atoms with E-state index in [9.17, 15) is 14.0 Å². The Hall–Kier alpha value is -3.47. The zero-order valence-corrected chi connectivity index (χ0v) is 16.1. The minimum absolute atomic E-state index is 0.0483. The molecule has 5 heteroatoms. The molecule has 0 aromatic heterocycles. The summed E-state index contributed by atoms with van der Waals surface area (Å²) in [4.78, 5) is 27.5. The highest BCUT2D eigenvalue weighted by Gasteiger charge is 2.33. The topological polar surface area (TPSA) is 49.4 Å². The number of carbonyl (C=O) groups is 2. The van der Waals surface area contributed by atoms with Crippen LogP contribution in [0, 0.1) is 12.7 Å². The zero-order valence-electron chi connectivity index (χ0n) is 16.1. The maximum atomic E-state index is 13.3. The van der Waals surface area contributed by atoms with Crippen molar-refractivity contribution in [1.29, 1.82) is 0 Å². The van der Waals surface area contributed by atoms with Crippen LogP contribution in [0.15, 0.2) is 72.8 Å². The summed E-state index contributed by atoms with van der Waals surface area (Å²) in [6.07, 6.45) is 0.0953. The van der Waals surface area contributed by atoms with Gasteiger partial charge in [0.2, 0.25) is 11.8 Å². The average molecular weight is 388 g/mol. The van der Waals surface area contributed by atoms with Crippen molar-refractivity contribution < 1.29 is 14.0 Å². The largest absolute Gasteiger partial charge is 0.324 e. The number of nitrogens with one attached hydrogen (secondary N) is 1. The molecule has 0 unspecified atom stereocenters. The molecule has 1 aliphatic rings. The van der Waals surface area contributed by atoms with Crippen LogP contribution in [0.25, 0.3) is 0 Å². The van der Waals surface area contributed by atoms with Gasteiger partial charge in [0.15, 0.2) is 0 Å². The van der Waals surface area contributed by atoms with Crippen molar-refractivity contribution >= 4 is 17.5 Å². The fourth-order valence-corrected chi connectivity index (χ4v) is 3.73. The van der Waals surface area contributed by atoms with Crippen molar-refractivity contribution in [1.82, 2.24) is 4.90 Å². The van der Waals surface area contributed by atoms with Gasteiger partial charge in [0, 0.05) is 11.3 Å². The summed E-state index contributed by atoms with van der Waals surface area (Å²) >= 11 is 0. The summed E-state index contributed by atoms with van der Waals surface area (Å²) in [5, 5.41) is 2.92. The second-order valence-corrected chi connectivity index (χ2v) is 7.28. The number of halogens is 1. The summed E-state index contributed by atoms with van der Waals surface area (Å²) in [6.45, 7) is 1.94. The van der Waals surface area contributed by atoms with Gasteiger partial charge in [-0.2, -0.15) is 0 Å². The van der Waals surface area contributed by atoms with Crippen molar-refractivity contribution in [2.45, 2.75) is 19.4 Å². The van der Waals surface area contributed by atoms with E-state index in [-0.39, 0.29) is 30.6 Å². The maximum Gasteiger partial charge on any atom is 0.244 e. The van der Waals surface area contributed by atoms with E-state index in [1.54, 1.807) is 17.0 Å². The Morgan fingerprint density at radius 3 is 2.52 bits per heavy atom. The number of amides is 2. The van der Waals surface area contributed by atoms with Gasteiger partial charge in [-0.15, -0.1) is 0 Å². The van der Waals surface area contributed by atoms with Gasteiger partial charge in [-0.1, -0.05) is 60.2 Å². The van der Waals surface area contributed by atoms with Gasteiger partial charge in [-0.05, 0) is 36.2 Å². The SMILES string of the molecule is Cc1ccc2c(c1)[C@H](c1ccccc1)N(C(=O)Cc1ccc(F)cc1)CC(=O)N2. The van der Waals surface area contributed by atoms with E-state index >= 15 is 0 Å². The molecule has 4 rings (SSSR count). The molecule has 0 saturated carbocycles. The molecule has 0 bridgehead atoms. The summed E-state index contributed by atoms with van der Waals surface area (Å²) < 4.78 is 13.2. The van der Waals surface area contributed by atoms with Gasteiger partial charge < -0.3 is 10.2 Å². The van der Waals surface area contributed by atoms with Crippen molar-refractivity contribution in [3.05, 3.63) is 101 Å². The first kappa shape index (κ1) is 18.9. The van der Waals surface area contributed by atoms with Crippen LogP contribution >= 0.6 is 0 Å². The van der Waals surface area contributed by atoms with Crippen LogP contribution < -0.4 is 5.32 Å². The Bertz CT molecular complexity index is 1050. The first-order valence-corrected chi connectivity index (χ1v) is 9.50. The molecule has 0 radical (unpaired) electrons. The van der Waals surface area contributed by atoms with Gasteiger partial charge >= 0.3 is 0 Å². The first-order valence-electron chi connectivity index (χ1n) is 9.50. The number of fused-ring (bicyclic) bond motifs is 1. The molecule has 1 heterocycles. The second-order valence-electron chi connectivity index (χ2n) is 7.28. The van der Waals surface area contributed by atoms with E-state index in [1.807, 2.05) is 55.5 Å². The monoisotopic (exact) mass is 388 g/mol. The summed E-state index contributed by atoms with van der Waals surface area (Å²) in [6, 6.07) is 21.0. The van der Waals surface area contributed by atoms with Crippen LogP contribution in [-0.4, -0.2) is 23.3 Å². The lowest BCUT2D eigenvalue weighted by molar-refractivity contribution is -0.135. The fourth-order valence-electron chi connectivity index (χ4n) is 3.73. The van der Waals surface area contributed by atoms with Gasteiger partial charge in [0.1, 0.15) is 12.4 Å². The second kappa shape index (κ2) is 7.87. The van der Waals surface area contributed by atoms with Gasteiger partial charge in [0.25, 0.3) is 0 Å². The quantitative estimate of drug-likeness (QED) is 0.729. The maximum absolute atomic E-state index is 13.3. The lowest BCUT2D eigenvalue weighted by atomic mass is 9.94. The average Bonchev–Trinajstić information content (AvgIpc) is 2.86. The highest BCUT2D eigenvalue weighted by atomic mass is 19.1. The lowest BCUT2D eigenvalue weighted by Crippen LogP contribution is -2.39. The molecule has 29 heavy (non-hydrogen) atoms. The molecule has 1 N–H and O–H groups in total. The molecule has 0 spiro atoms. The Kier molecular flexibility index (Phi) is 5.12. The van der Waals surface area contributed by atoms with E-state index < -0.39 is 6.04 Å². The molecule has 0 fully saturated rings. The third kappa shape index (κ3) is 4.04. The molecule has 2 amide bonds. The number of anilines is 1. The van der Waals surface area contributed by atoms with Crippen molar-refractivity contribution in [3.8, 4) is 0 Å². The number of nitrogens with zero attached hydrogens (tertiary/aromatic N) is 1. The fraction of sp³-hybridized carbons (Fsp3) is 0.167. The number of aryl methyl sites for hydroxylation is 1. The van der Waals surface area contributed by atoms with E-state index in [0.717, 1.165) is 16.7 Å².